The highest BCUT2D eigenvalue weighted by molar-refractivity contribution is 5.25. The molecule has 0 unspecified atom stereocenters. The first kappa shape index (κ1) is 11.4. The molecular formula is C12H15N3O2. The number of hydrogen-bond donors (Lipinski definition) is 0. The van der Waals surface area contributed by atoms with E-state index < -0.39 is 0 Å². The van der Waals surface area contributed by atoms with E-state index in [0.29, 0.717) is 19.0 Å². The summed E-state index contributed by atoms with van der Waals surface area (Å²) >= 11 is 0. The number of pyridine rings is 1. The number of hydrogen-bond acceptors (Lipinski definition) is 3. The lowest BCUT2D eigenvalue weighted by Gasteiger charge is -2.06. The molecule has 0 spiro atoms. The van der Waals surface area contributed by atoms with E-state index in [9.17, 15) is 4.79 Å². The van der Waals surface area contributed by atoms with E-state index in [1.807, 2.05) is 19.1 Å². The number of nitrogens with zero attached hydrogens (tertiary/aromatic N) is 3. The third-order valence-electron chi connectivity index (χ3n) is 2.64. The molecule has 0 saturated heterocycles. The van der Waals surface area contributed by atoms with Crippen LogP contribution in [0.1, 0.15) is 12.5 Å². The Morgan fingerprint density at radius 1 is 1.35 bits per heavy atom. The second-order valence-electron chi connectivity index (χ2n) is 3.67. The van der Waals surface area contributed by atoms with Crippen molar-refractivity contribution in [1.29, 1.82) is 0 Å². The summed E-state index contributed by atoms with van der Waals surface area (Å²) in [5, 5.41) is 0. The number of ether oxygens (including phenoxy) is 1. The Hall–Kier alpha value is -2.04. The Labute approximate surface area is 99.3 Å². The van der Waals surface area contributed by atoms with E-state index in [0.717, 1.165) is 5.56 Å². The van der Waals surface area contributed by atoms with Gasteiger partial charge >= 0.3 is 5.69 Å². The van der Waals surface area contributed by atoms with Crippen LogP contribution in [-0.2, 0) is 13.1 Å². The summed E-state index contributed by atoms with van der Waals surface area (Å²) in [6, 6.07) is 3.74. The van der Waals surface area contributed by atoms with Gasteiger partial charge < -0.3 is 4.74 Å². The van der Waals surface area contributed by atoms with Gasteiger partial charge in [0.25, 0.3) is 0 Å². The molecule has 5 nitrogen and oxygen atoms in total. The van der Waals surface area contributed by atoms with E-state index in [2.05, 4.69) is 4.98 Å². The van der Waals surface area contributed by atoms with Crippen LogP contribution in [0.4, 0.5) is 0 Å². The van der Waals surface area contributed by atoms with Gasteiger partial charge in [-0.3, -0.25) is 9.13 Å². The van der Waals surface area contributed by atoms with Gasteiger partial charge in [-0.25, -0.2) is 9.78 Å². The van der Waals surface area contributed by atoms with Gasteiger partial charge in [0.15, 0.2) is 0 Å². The van der Waals surface area contributed by atoms with Crippen LogP contribution in [0, 0.1) is 0 Å². The quantitative estimate of drug-likeness (QED) is 0.795. The molecule has 2 rings (SSSR count). The zero-order valence-corrected chi connectivity index (χ0v) is 9.96. The van der Waals surface area contributed by atoms with Crippen molar-refractivity contribution in [2.24, 2.45) is 0 Å². The Morgan fingerprint density at radius 3 is 2.76 bits per heavy atom. The van der Waals surface area contributed by atoms with Crippen LogP contribution in [-0.4, -0.2) is 21.2 Å². The maximum absolute atomic E-state index is 11.9. The molecule has 0 aromatic carbocycles. The van der Waals surface area contributed by atoms with E-state index in [4.69, 9.17) is 4.74 Å². The molecule has 0 fully saturated rings. The summed E-state index contributed by atoms with van der Waals surface area (Å²) in [6.07, 6.45) is 5.23. The molecule has 2 aromatic heterocycles. The fraction of sp³-hybridized carbons (Fsp3) is 0.333. The largest absolute Gasteiger partial charge is 0.481 e. The second-order valence-corrected chi connectivity index (χ2v) is 3.67. The summed E-state index contributed by atoms with van der Waals surface area (Å²) in [5.41, 5.74) is 0.879. The van der Waals surface area contributed by atoms with Crippen LogP contribution < -0.4 is 10.4 Å². The molecule has 0 radical (unpaired) electrons. The van der Waals surface area contributed by atoms with Crippen molar-refractivity contribution in [3.63, 3.8) is 0 Å². The number of methoxy groups -OCH3 is 1. The highest BCUT2D eigenvalue weighted by atomic mass is 16.5. The maximum Gasteiger partial charge on any atom is 0.328 e. The van der Waals surface area contributed by atoms with Crippen molar-refractivity contribution in [2.75, 3.05) is 7.11 Å². The van der Waals surface area contributed by atoms with Crippen LogP contribution in [0.25, 0.3) is 0 Å². The number of imidazole rings is 1. The van der Waals surface area contributed by atoms with Crippen LogP contribution in [0.15, 0.2) is 35.5 Å². The van der Waals surface area contributed by atoms with E-state index in [-0.39, 0.29) is 5.69 Å². The van der Waals surface area contributed by atoms with Crippen LogP contribution in [0.3, 0.4) is 0 Å². The monoisotopic (exact) mass is 233 g/mol. The Kier molecular flexibility index (Phi) is 3.27. The van der Waals surface area contributed by atoms with Gasteiger partial charge in [-0.15, -0.1) is 0 Å². The third-order valence-corrected chi connectivity index (χ3v) is 2.64. The lowest BCUT2D eigenvalue weighted by atomic mass is 10.2. The van der Waals surface area contributed by atoms with Crippen molar-refractivity contribution in [2.45, 2.75) is 20.0 Å². The van der Waals surface area contributed by atoms with E-state index in [1.54, 1.807) is 34.8 Å². The molecule has 0 aliphatic heterocycles. The number of rotatable bonds is 4. The molecule has 0 N–H and O–H groups in total. The van der Waals surface area contributed by atoms with Crippen molar-refractivity contribution < 1.29 is 4.74 Å². The van der Waals surface area contributed by atoms with Crippen LogP contribution >= 0.6 is 0 Å². The molecule has 5 heteroatoms. The van der Waals surface area contributed by atoms with Crippen molar-refractivity contribution >= 4 is 0 Å². The summed E-state index contributed by atoms with van der Waals surface area (Å²) in [5.74, 6) is 0.559. The van der Waals surface area contributed by atoms with Gasteiger partial charge in [0.1, 0.15) is 0 Å². The zero-order chi connectivity index (χ0) is 12.3. The lowest BCUT2D eigenvalue weighted by molar-refractivity contribution is 0.391. The predicted molar refractivity (Wildman–Crippen MR) is 64.3 cm³/mol. The minimum Gasteiger partial charge on any atom is -0.481 e. The maximum atomic E-state index is 11.9. The molecule has 0 bridgehead atoms. The summed E-state index contributed by atoms with van der Waals surface area (Å²) in [4.78, 5) is 16.0. The normalized spacial score (nSPS) is 10.5. The molecule has 0 amide bonds. The first-order valence-corrected chi connectivity index (χ1v) is 5.49. The molecule has 90 valence electrons. The average Bonchev–Trinajstić information content (AvgIpc) is 2.71. The Bertz CT molecular complexity index is 557. The molecule has 0 saturated carbocycles. The molecule has 0 atom stereocenters. The SMILES string of the molecule is CCn1ccn(Cc2cccnc2OC)c1=O. The molecule has 2 aromatic rings. The zero-order valence-electron chi connectivity index (χ0n) is 9.96. The molecule has 2 heterocycles. The number of aromatic nitrogens is 3. The first-order valence-electron chi connectivity index (χ1n) is 5.49. The Morgan fingerprint density at radius 2 is 2.12 bits per heavy atom. The van der Waals surface area contributed by atoms with Gasteiger partial charge in [-0.2, -0.15) is 0 Å². The predicted octanol–water partition coefficient (Wildman–Crippen LogP) is 1.12. The molecule has 0 aliphatic rings. The number of aryl methyl sites for hydroxylation is 1. The van der Waals surface area contributed by atoms with Gasteiger partial charge in [0, 0.05) is 30.7 Å². The van der Waals surface area contributed by atoms with Gasteiger partial charge in [-0.1, -0.05) is 6.07 Å². The Balaban J connectivity index is 2.31. The first-order chi connectivity index (χ1) is 8.26. The smallest absolute Gasteiger partial charge is 0.328 e. The average molecular weight is 233 g/mol. The van der Waals surface area contributed by atoms with Crippen molar-refractivity contribution in [3.05, 3.63) is 46.8 Å². The van der Waals surface area contributed by atoms with Crippen molar-refractivity contribution in [1.82, 2.24) is 14.1 Å². The van der Waals surface area contributed by atoms with Gasteiger partial charge in [0.2, 0.25) is 5.88 Å². The molecule has 17 heavy (non-hydrogen) atoms. The topological polar surface area (TPSA) is 49.0 Å². The van der Waals surface area contributed by atoms with Crippen molar-refractivity contribution in [3.8, 4) is 5.88 Å². The fourth-order valence-electron chi connectivity index (χ4n) is 1.73. The van der Waals surface area contributed by atoms with Crippen LogP contribution in [0.5, 0.6) is 5.88 Å². The summed E-state index contributed by atoms with van der Waals surface area (Å²) in [7, 11) is 1.58. The second kappa shape index (κ2) is 4.86. The van der Waals surface area contributed by atoms with Gasteiger partial charge in [0.05, 0.1) is 13.7 Å². The minimum atomic E-state index is -0.0154. The highest BCUT2D eigenvalue weighted by Gasteiger charge is 2.07. The molecular weight excluding hydrogens is 218 g/mol. The standard InChI is InChI=1S/C12H15N3O2/c1-3-14-7-8-15(12(14)16)9-10-5-4-6-13-11(10)17-2/h4-8H,3,9H2,1-2H3. The lowest BCUT2D eigenvalue weighted by Crippen LogP contribution is -2.24. The third kappa shape index (κ3) is 2.22. The highest BCUT2D eigenvalue weighted by Crippen LogP contribution is 2.14. The van der Waals surface area contributed by atoms with Crippen LogP contribution in [0.2, 0.25) is 0 Å². The fourth-order valence-corrected chi connectivity index (χ4v) is 1.73. The summed E-state index contributed by atoms with van der Waals surface area (Å²) in [6.45, 7) is 3.09. The molecule has 0 aliphatic carbocycles. The summed E-state index contributed by atoms with van der Waals surface area (Å²) < 4.78 is 8.45. The van der Waals surface area contributed by atoms with Gasteiger partial charge in [-0.05, 0) is 13.0 Å². The minimum absolute atomic E-state index is 0.0154. The van der Waals surface area contributed by atoms with E-state index in [1.165, 1.54) is 0 Å². The van der Waals surface area contributed by atoms with E-state index >= 15 is 0 Å².